The van der Waals surface area contributed by atoms with E-state index < -0.39 is 21.9 Å². The van der Waals surface area contributed by atoms with Gasteiger partial charge in [0, 0.05) is 7.05 Å². The van der Waals surface area contributed by atoms with Crippen molar-refractivity contribution in [3.63, 3.8) is 0 Å². The zero-order valence-electron chi connectivity index (χ0n) is 13.4. The van der Waals surface area contributed by atoms with Crippen molar-refractivity contribution in [1.29, 1.82) is 0 Å². The van der Waals surface area contributed by atoms with Crippen molar-refractivity contribution in [1.82, 2.24) is 4.57 Å². The normalized spacial score (nSPS) is 13.2. The summed E-state index contributed by atoms with van der Waals surface area (Å²) in [6, 6.07) is 15.4. The van der Waals surface area contributed by atoms with Crippen molar-refractivity contribution in [2.45, 2.75) is 11.1 Å². The Morgan fingerprint density at radius 3 is 2.04 bits per heavy atom. The van der Waals surface area contributed by atoms with E-state index in [-0.39, 0.29) is 14.6 Å². The molecule has 1 aromatic heterocycles. The molecule has 3 aromatic rings. The molecule has 1 heterocycles. The molecule has 0 aliphatic carbocycles. The van der Waals surface area contributed by atoms with Crippen LogP contribution < -0.4 is 4.80 Å². The van der Waals surface area contributed by atoms with Crippen molar-refractivity contribution >= 4 is 21.4 Å². The van der Waals surface area contributed by atoms with Gasteiger partial charge in [-0.2, -0.15) is 21.6 Å². The minimum atomic E-state index is -4.65. The largest absolute Gasteiger partial charge is 0.432 e. The molecular weight excluding hydrogens is 385 g/mol. The monoisotopic (exact) mass is 398 g/mol. The van der Waals surface area contributed by atoms with Crippen LogP contribution in [0.15, 0.2) is 70.0 Å². The molecule has 9 heteroatoms. The van der Waals surface area contributed by atoms with Crippen molar-refractivity contribution in [3.05, 3.63) is 71.2 Å². The zero-order valence-corrected chi connectivity index (χ0v) is 15.1. The maximum atomic E-state index is 13.6. The molecule has 4 nitrogen and oxygen atoms in total. The van der Waals surface area contributed by atoms with Gasteiger partial charge < -0.3 is 4.57 Å². The second-order valence-corrected chi connectivity index (χ2v) is 7.95. The molecule has 0 N–H and O–H groups in total. The molecule has 0 aliphatic heterocycles. The van der Waals surface area contributed by atoms with Gasteiger partial charge >= 0.3 is 6.18 Å². The molecule has 0 atom stereocenters. The van der Waals surface area contributed by atoms with Crippen LogP contribution in [0.25, 0.3) is 10.4 Å². The van der Waals surface area contributed by atoms with E-state index in [9.17, 15) is 21.6 Å². The molecule has 0 fully saturated rings. The maximum Gasteiger partial charge on any atom is 0.432 e. The van der Waals surface area contributed by atoms with Crippen molar-refractivity contribution in [2.24, 2.45) is 11.4 Å². The van der Waals surface area contributed by atoms with Gasteiger partial charge in [-0.1, -0.05) is 59.9 Å². The third-order valence-corrected chi connectivity index (χ3v) is 6.15. The highest BCUT2D eigenvalue weighted by Crippen LogP contribution is 2.38. The van der Waals surface area contributed by atoms with Crippen molar-refractivity contribution in [3.8, 4) is 10.4 Å². The van der Waals surface area contributed by atoms with E-state index in [1.54, 1.807) is 24.3 Å². The number of thiazole rings is 1. The highest BCUT2D eigenvalue weighted by Gasteiger charge is 2.38. The second-order valence-electron chi connectivity index (χ2n) is 5.36. The summed E-state index contributed by atoms with van der Waals surface area (Å²) >= 11 is 0.685. The first-order chi connectivity index (χ1) is 12.2. The van der Waals surface area contributed by atoms with Crippen molar-refractivity contribution < 1.29 is 21.6 Å². The smallest absolute Gasteiger partial charge is 0.315 e. The minimum Gasteiger partial charge on any atom is -0.315 e. The van der Waals surface area contributed by atoms with Gasteiger partial charge in [-0.15, -0.1) is 4.40 Å². The summed E-state index contributed by atoms with van der Waals surface area (Å²) < 4.78 is 69.9. The van der Waals surface area contributed by atoms with Gasteiger partial charge in [0.15, 0.2) is 0 Å². The van der Waals surface area contributed by atoms with Crippen LogP contribution in [0.2, 0.25) is 0 Å². The van der Waals surface area contributed by atoms with E-state index in [0.717, 1.165) is 11.6 Å². The number of sulfonamides is 1. The summed E-state index contributed by atoms with van der Waals surface area (Å²) in [6.07, 6.45) is -4.65. The summed E-state index contributed by atoms with van der Waals surface area (Å²) in [5.74, 6) is 0. The molecule has 3 rings (SSSR count). The third kappa shape index (κ3) is 3.58. The fourth-order valence-corrected chi connectivity index (χ4v) is 4.78. The summed E-state index contributed by atoms with van der Waals surface area (Å²) in [5, 5.41) is 0. The maximum absolute atomic E-state index is 13.6. The van der Waals surface area contributed by atoms with Gasteiger partial charge in [0.25, 0.3) is 10.0 Å². The van der Waals surface area contributed by atoms with E-state index in [1.165, 1.54) is 36.4 Å². The van der Waals surface area contributed by atoms with E-state index >= 15 is 0 Å². The summed E-state index contributed by atoms with van der Waals surface area (Å²) in [6.45, 7) is 0. The van der Waals surface area contributed by atoms with Crippen LogP contribution in [-0.4, -0.2) is 13.0 Å². The van der Waals surface area contributed by atoms with Crippen LogP contribution in [0.1, 0.15) is 5.69 Å². The predicted octanol–water partition coefficient (Wildman–Crippen LogP) is 4.06. The molecule has 0 saturated heterocycles. The van der Waals surface area contributed by atoms with Crippen LogP contribution in [0.5, 0.6) is 0 Å². The molecule has 0 unspecified atom stereocenters. The first kappa shape index (κ1) is 18.4. The lowest BCUT2D eigenvalue weighted by Crippen LogP contribution is -2.20. The average molecular weight is 398 g/mol. The lowest BCUT2D eigenvalue weighted by Gasteiger charge is -2.10. The van der Waals surface area contributed by atoms with Crippen molar-refractivity contribution in [2.75, 3.05) is 0 Å². The van der Waals surface area contributed by atoms with E-state index in [0.29, 0.717) is 16.9 Å². The predicted molar refractivity (Wildman–Crippen MR) is 92.9 cm³/mol. The molecule has 26 heavy (non-hydrogen) atoms. The van der Waals surface area contributed by atoms with Crippen LogP contribution in [0, 0.1) is 0 Å². The quantitative estimate of drug-likeness (QED) is 0.668. The first-order valence-corrected chi connectivity index (χ1v) is 9.64. The Morgan fingerprint density at radius 1 is 0.962 bits per heavy atom. The lowest BCUT2D eigenvalue weighted by atomic mass is 10.1. The molecule has 0 radical (unpaired) electrons. The fraction of sp³-hybridized carbons (Fsp3) is 0.118. The number of hydrogen-bond donors (Lipinski definition) is 0. The Kier molecular flexibility index (Phi) is 4.76. The van der Waals surface area contributed by atoms with Crippen LogP contribution in [-0.2, 0) is 23.2 Å². The number of benzene rings is 2. The number of alkyl halides is 3. The lowest BCUT2D eigenvalue weighted by molar-refractivity contribution is -0.142. The molecule has 0 aliphatic rings. The Hall–Kier alpha value is -2.39. The van der Waals surface area contributed by atoms with Crippen LogP contribution in [0.4, 0.5) is 13.2 Å². The molecule has 2 aromatic carbocycles. The van der Waals surface area contributed by atoms with Gasteiger partial charge in [0.1, 0.15) is 5.69 Å². The summed E-state index contributed by atoms with van der Waals surface area (Å²) in [7, 11) is -2.96. The van der Waals surface area contributed by atoms with Crippen LogP contribution in [0.3, 0.4) is 0 Å². The Labute approximate surface area is 151 Å². The third-order valence-electron chi connectivity index (χ3n) is 3.57. The SMILES string of the molecule is Cn1c(C(F)(F)F)c(-c2ccccc2)sc1=NS(=O)(=O)c1ccccc1. The van der Waals surface area contributed by atoms with E-state index in [2.05, 4.69) is 4.40 Å². The van der Waals surface area contributed by atoms with E-state index in [1.807, 2.05) is 0 Å². The van der Waals surface area contributed by atoms with Gasteiger partial charge in [-0.05, 0) is 17.7 Å². The topological polar surface area (TPSA) is 51.4 Å². The Morgan fingerprint density at radius 2 is 1.50 bits per heavy atom. The molecule has 136 valence electrons. The molecule has 0 bridgehead atoms. The summed E-state index contributed by atoms with van der Waals surface area (Å²) in [4.78, 5) is -0.411. The minimum absolute atomic E-state index is 0.0804. The Balaban J connectivity index is 2.26. The van der Waals surface area contributed by atoms with Gasteiger partial charge in [0.05, 0.1) is 9.77 Å². The highest BCUT2D eigenvalue weighted by molar-refractivity contribution is 7.90. The van der Waals surface area contributed by atoms with Gasteiger partial charge in [0.2, 0.25) is 4.80 Å². The number of halogens is 3. The fourth-order valence-electron chi connectivity index (χ4n) is 2.39. The van der Waals surface area contributed by atoms with Crippen LogP contribution >= 0.6 is 11.3 Å². The summed E-state index contributed by atoms with van der Waals surface area (Å²) in [5.41, 5.74) is -0.588. The van der Waals surface area contributed by atoms with Gasteiger partial charge in [-0.3, -0.25) is 0 Å². The zero-order chi connectivity index (χ0) is 18.9. The first-order valence-electron chi connectivity index (χ1n) is 7.38. The molecule has 0 spiro atoms. The highest BCUT2D eigenvalue weighted by atomic mass is 32.2. The van der Waals surface area contributed by atoms with E-state index in [4.69, 9.17) is 0 Å². The Bertz CT molecular complexity index is 1080. The number of aromatic nitrogens is 1. The number of rotatable bonds is 3. The van der Waals surface area contributed by atoms with Gasteiger partial charge in [-0.25, -0.2) is 0 Å². The second kappa shape index (κ2) is 6.73. The molecule has 0 saturated carbocycles. The molecule has 0 amide bonds. The number of nitrogens with zero attached hydrogens (tertiary/aromatic N) is 2. The molecular formula is C17H13F3N2O2S2. The average Bonchev–Trinajstić information content (AvgIpc) is 2.93. The standard InChI is InChI=1S/C17H13F3N2O2S2/c1-22-15(17(18,19)20)14(12-8-4-2-5-9-12)25-16(22)21-26(23,24)13-10-6-3-7-11-13/h2-11H,1H3. The number of hydrogen-bond acceptors (Lipinski definition) is 3.